The molecule has 0 saturated carbocycles. The standard InChI is InChI=1S/C21H36N2/c1-12(2)18-10-14(5)16(7)17(8)23(9)21-20(18)19(13(3)4)11-15(6)22-21/h11-14,16-18H,10H2,1-9H3/t14-,16-,17-,18?/m1/s1. The van der Waals surface area contributed by atoms with Crippen molar-refractivity contribution >= 4 is 5.82 Å². The Morgan fingerprint density at radius 2 is 1.74 bits per heavy atom. The number of nitrogens with zero attached hydrogens (tertiary/aromatic N) is 2. The molecule has 0 aromatic carbocycles. The van der Waals surface area contributed by atoms with Crippen LogP contribution in [-0.2, 0) is 0 Å². The monoisotopic (exact) mass is 316 g/mol. The summed E-state index contributed by atoms with van der Waals surface area (Å²) in [5, 5.41) is 0. The van der Waals surface area contributed by atoms with Gasteiger partial charge in [0.1, 0.15) is 5.82 Å². The first-order valence-corrected chi connectivity index (χ1v) is 9.39. The highest BCUT2D eigenvalue weighted by Gasteiger charge is 2.35. The molecule has 130 valence electrons. The average molecular weight is 317 g/mol. The van der Waals surface area contributed by atoms with Crippen LogP contribution in [0.3, 0.4) is 0 Å². The minimum Gasteiger partial charge on any atom is -0.356 e. The molecule has 2 rings (SSSR count). The van der Waals surface area contributed by atoms with Gasteiger partial charge < -0.3 is 4.90 Å². The van der Waals surface area contributed by atoms with Crippen molar-refractivity contribution in [3.8, 4) is 0 Å². The number of hydrogen-bond donors (Lipinski definition) is 0. The minimum absolute atomic E-state index is 0.520. The highest BCUT2D eigenvalue weighted by atomic mass is 15.2. The van der Waals surface area contributed by atoms with Gasteiger partial charge in [-0.25, -0.2) is 4.98 Å². The number of pyridine rings is 1. The highest BCUT2D eigenvalue weighted by Crippen LogP contribution is 2.45. The number of rotatable bonds is 2. The van der Waals surface area contributed by atoms with E-state index in [1.165, 1.54) is 23.4 Å². The van der Waals surface area contributed by atoms with Gasteiger partial charge in [0, 0.05) is 24.3 Å². The van der Waals surface area contributed by atoms with Crippen molar-refractivity contribution in [1.29, 1.82) is 0 Å². The summed E-state index contributed by atoms with van der Waals surface area (Å²) in [4.78, 5) is 7.46. The summed E-state index contributed by atoms with van der Waals surface area (Å²) in [5.74, 6) is 4.44. The van der Waals surface area contributed by atoms with Crippen molar-refractivity contribution in [3.63, 3.8) is 0 Å². The molecule has 1 aliphatic rings. The minimum atomic E-state index is 0.520. The zero-order valence-corrected chi connectivity index (χ0v) is 16.6. The van der Waals surface area contributed by atoms with Crippen LogP contribution in [0.2, 0.25) is 0 Å². The van der Waals surface area contributed by atoms with Crippen LogP contribution in [0.5, 0.6) is 0 Å². The summed E-state index contributed by atoms with van der Waals surface area (Å²) in [6.45, 7) is 18.7. The third kappa shape index (κ3) is 3.41. The third-order valence-electron chi connectivity index (χ3n) is 6.23. The van der Waals surface area contributed by atoms with Gasteiger partial charge in [0.2, 0.25) is 0 Å². The Bertz CT molecular complexity index is 547. The van der Waals surface area contributed by atoms with E-state index in [1.807, 2.05) is 0 Å². The van der Waals surface area contributed by atoms with Crippen LogP contribution < -0.4 is 4.90 Å². The first kappa shape index (κ1) is 18.3. The molecule has 1 aromatic rings. The molecule has 1 aliphatic heterocycles. The van der Waals surface area contributed by atoms with Crippen LogP contribution in [0, 0.1) is 24.7 Å². The van der Waals surface area contributed by atoms with E-state index in [1.54, 1.807) is 0 Å². The third-order valence-corrected chi connectivity index (χ3v) is 6.23. The normalized spacial score (nSPS) is 28.7. The molecule has 2 nitrogen and oxygen atoms in total. The Labute approximate surface area is 143 Å². The van der Waals surface area contributed by atoms with Crippen LogP contribution in [0.25, 0.3) is 0 Å². The maximum atomic E-state index is 5.01. The van der Waals surface area contributed by atoms with Gasteiger partial charge in [0.25, 0.3) is 0 Å². The largest absolute Gasteiger partial charge is 0.356 e. The van der Waals surface area contributed by atoms with Crippen molar-refractivity contribution < 1.29 is 0 Å². The predicted octanol–water partition coefficient (Wildman–Crippen LogP) is 5.75. The van der Waals surface area contributed by atoms with E-state index in [2.05, 4.69) is 73.4 Å². The Morgan fingerprint density at radius 1 is 1.13 bits per heavy atom. The highest BCUT2D eigenvalue weighted by molar-refractivity contribution is 5.55. The smallest absolute Gasteiger partial charge is 0.132 e. The number of hydrogen-bond acceptors (Lipinski definition) is 2. The van der Waals surface area contributed by atoms with Gasteiger partial charge in [-0.15, -0.1) is 0 Å². The molecule has 4 atom stereocenters. The molecule has 1 aromatic heterocycles. The second kappa shape index (κ2) is 6.83. The van der Waals surface area contributed by atoms with Gasteiger partial charge in [-0.1, -0.05) is 41.5 Å². The van der Waals surface area contributed by atoms with Crippen molar-refractivity contribution in [2.75, 3.05) is 11.9 Å². The molecule has 0 bridgehead atoms. The van der Waals surface area contributed by atoms with E-state index in [0.29, 0.717) is 29.7 Å². The predicted molar refractivity (Wildman–Crippen MR) is 101 cm³/mol. The van der Waals surface area contributed by atoms with Crippen LogP contribution in [-0.4, -0.2) is 18.1 Å². The molecular weight excluding hydrogens is 280 g/mol. The van der Waals surface area contributed by atoms with Crippen LogP contribution >= 0.6 is 0 Å². The van der Waals surface area contributed by atoms with Crippen LogP contribution in [0.15, 0.2) is 6.07 Å². The quantitative estimate of drug-likeness (QED) is 0.690. The van der Waals surface area contributed by atoms with Gasteiger partial charge in [0.05, 0.1) is 0 Å². The Morgan fingerprint density at radius 3 is 2.26 bits per heavy atom. The van der Waals surface area contributed by atoms with Crippen molar-refractivity contribution in [3.05, 3.63) is 22.9 Å². The van der Waals surface area contributed by atoms with Gasteiger partial charge in [-0.2, -0.15) is 0 Å². The molecule has 0 fully saturated rings. The molecule has 0 saturated heterocycles. The van der Waals surface area contributed by atoms with E-state index in [-0.39, 0.29) is 0 Å². The van der Waals surface area contributed by atoms with E-state index in [0.717, 1.165) is 11.6 Å². The summed E-state index contributed by atoms with van der Waals surface area (Å²) in [6.07, 6.45) is 1.27. The lowest BCUT2D eigenvalue weighted by Crippen LogP contribution is -2.41. The van der Waals surface area contributed by atoms with Crippen molar-refractivity contribution in [2.45, 2.75) is 79.7 Å². The lowest BCUT2D eigenvalue weighted by molar-refractivity contribution is 0.265. The topological polar surface area (TPSA) is 16.1 Å². The second-order valence-electron chi connectivity index (χ2n) is 8.52. The Hall–Kier alpha value is -1.05. The van der Waals surface area contributed by atoms with Gasteiger partial charge in [-0.3, -0.25) is 0 Å². The molecule has 2 heterocycles. The van der Waals surface area contributed by atoms with Gasteiger partial charge in [0.15, 0.2) is 0 Å². The maximum Gasteiger partial charge on any atom is 0.132 e. The summed E-state index contributed by atoms with van der Waals surface area (Å²) in [7, 11) is 2.24. The summed E-state index contributed by atoms with van der Waals surface area (Å²) in [6, 6.07) is 2.85. The second-order valence-corrected chi connectivity index (χ2v) is 8.52. The van der Waals surface area contributed by atoms with Gasteiger partial charge >= 0.3 is 0 Å². The lowest BCUT2D eigenvalue weighted by atomic mass is 9.73. The molecule has 1 unspecified atom stereocenters. The average Bonchev–Trinajstić information content (AvgIpc) is 2.48. The van der Waals surface area contributed by atoms with Crippen molar-refractivity contribution in [1.82, 2.24) is 4.98 Å². The molecule has 2 heteroatoms. The van der Waals surface area contributed by atoms with E-state index >= 15 is 0 Å². The molecule has 0 N–H and O–H groups in total. The first-order valence-electron chi connectivity index (χ1n) is 9.39. The summed E-state index contributed by atoms with van der Waals surface area (Å²) in [5.41, 5.74) is 4.18. The zero-order valence-electron chi connectivity index (χ0n) is 16.6. The fourth-order valence-electron chi connectivity index (χ4n) is 4.18. The number of anilines is 1. The molecule has 0 spiro atoms. The van der Waals surface area contributed by atoms with Crippen LogP contribution in [0.1, 0.15) is 83.5 Å². The van der Waals surface area contributed by atoms with E-state index < -0.39 is 0 Å². The van der Waals surface area contributed by atoms with Gasteiger partial charge in [-0.05, 0) is 61.5 Å². The summed E-state index contributed by atoms with van der Waals surface area (Å²) < 4.78 is 0. The molecule has 23 heavy (non-hydrogen) atoms. The SMILES string of the molecule is Cc1cc(C(C)C)c2c(n1)N(C)[C@H](C)[C@H](C)[C@H](C)CC2C(C)C. The number of fused-ring (bicyclic) bond motifs is 1. The lowest BCUT2D eigenvalue weighted by Gasteiger charge is -2.42. The zero-order chi connectivity index (χ0) is 17.5. The molecular formula is C21H36N2. The summed E-state index contributed by atoms with van der Waals surface area (Å²) >= 11 is 0. The van der Waals surface area contributed by atoms with Crippen molar-refractivity contribution in [2.24, 2.45) is 17.8 Å². The van der Waals surface area contributed by atoms with Crippen LogP contribution in [0.4, 0.5) is 5.82 Å². The molecule has 0 radical (unpaired) electrons. The fraction of sp³-hybridized carbons (Fsp3) is 0.762. The molecule has 0 amide bonds. The Kier molecular flexibility index (Phi) is 5.43. The fourth-order valence-corrected chi connectivity index (χ4v) is 4.18. The maximum absolute atomic E-state index is 5.01. The Balaban J connectivity index is 2.73. The number of aryl methyl sites for hydroxylation is 1. The van der Waals surface area contributed by atoms with E-state index in [9.17, 15) is 0 Å². The number of aromatic nitrogens is 1. The molecule has 0 aliphatic carbocycles. The van der Waals surface area contributed by atoms with E-state index in [4.69, 9.17) is 4.98 Å². The first-order chi connectivity index (χ1) is 10.6.